The minimum atomic E-state index is -0.0654. The topological polar surface area (TPSA) is 73.1 Å². The highest BCUT2D eigenvalue weighted by Crippen LogP contribution is 2.20. The van der Waals surface area contributed by atoms with Gasteiger partial charge in [-0.15, -0.1) is 24.0 Å². The molecule has 2 N–H and O–H groups in total. The maximum atomic E-state index is 12.0. The van der Waals surface area contributed by atoms with Crippen LogP contribution in [0.25, 0.3) is 0 Å². The Morgan fingerprint density at radius 3 is 2.77 bits per heavy atom. The molecule has 3 rings (SSSR count). The molecule has 0 spiro atoms. The van der Waals surface area contributed by atoms with Crippen molar-refractivity contribution in [3.8, 4) is 0 Å². The Kier molecular flexibility index (Phi) is 8.70. The lowest BCUT2D eigenvalue weighted by atomic mass is 10.1. The lowest BCUT2D eigenvalue weighted by molar-refractivity contribution is -0.120. The number of nitrogens with zero attached hydrogens (tertiary/aromatic N) is 3. The van der Waals surface area contributed by atoms with Crippen LogP contribution in [0.15, 0.2) is 27.8 Å². The second-order valence-corrected chi connectivity index (χ2v) is 6.74. The number of halogens is 1. The Bertz CT molecular complexity index is 572. The Morgan fingerprint density at radius 2 is 2.08 bits per heavy atom. The number of carbonyl (C=O) groups is 1. The van der Waals surface area contributed by atoms with Gasteiger partial charge in [-0.2, -0.15) is 0 Å². The summed E-state index contributed by atoms with van der Waals surface area (Å²) >= 11 is 0. The molecule has 7 nitrogen and oxygen atoms in total. The predicted octanol–water partition coefficient (Wildman–Crippen LogP) is 1.65. The van der Waals surface area contributed by atoms with Gasteiger partial charge in [0.25, 0.3) is 0 Å². The maximum Gasteiger partial charge on any atom is 0.239 e. The number of piperidine rings is 1. The molecule has 0 saturated carbocycles. The lowest BCUT2D eigenvalue weighted by Crippen LogP contribution is -2.46. The Labute approximate surface area is 172 Å². The standard InChI is InChI=1S/C18H29N5O2.HI/c1-19-18(21-13-17(24)20-12-16-6-5-11-25-16)23-10-7-15(14-23)22-8-3-2-4-9-22;/h5-6,11,15H,2-4,7-10,12-14H2,1H3,(H,19,21)(H,20,24);1H. The van der Waals surface area contributed by atoms with Gasteiger partial charge < -0.3 is 20.0 Å². The first-order chi connectivity index (χ1) is 12.3. The molecular weight excluding hydrogens is 445 g/mol. The molecule has 2 aliphatic heterocycles. The Morgan fingerprint density at radius 1 is 1.27 bits per heavy atom. The number of amides is 1. The van der Waals surface area contributed by atoms with Crippen LogP contribution in [0.5, 0.6) is 0 Å². The summed E-state index contributed by atoms with van der Waals surface area (Å²) in [4.78, 5) is 21.2. The van der Waals surface area contributed by atoms with Gasteiger partial charge in [0.2, 0.25) is 5.91 Å². The van der Waals surface area contributed by atoms with Gasteiger partial charge in [0.05, 0.1) is 19.4 Å². The summed E-state index contributed by atoms with van der Waals surface area (Å²) in [7, 11) is 1.78. The first kappa shape index (κ1) is 21.0. The molecule has 3 heterocycles. The average molecular weight is 475 g/mol. The summed E-state index contributed by atoms with van der Waals surface area (Å²) in [6.45, 7) is 5.06. The third kappa shape index (κ3) is 5.87. The molecule has 1 aromatic rings. The highest BCUT2D eigenvalue weighted by molar-refractivity contribution is 14.0. The predicted molar refractivity (Wildman–Crippen MR) is 113 cm³/mol. The van der Waals surface area contributed by atoms with E-state index in [1.807, 2.05) is 12.1 Å². The largest absolute Gasteiger partial charge is 0.467 e. The highest BCUT2D eigenvalue weighted by Gasteiger charge is 2.30. The molecule has 2 aliphatic rings. The maximum absolute atomic E-state index is 12.0. The van der Waals surface area contributed by atoms with Gasteiger partial charge >= 0.3 is 0 Å². The number of guanidine groups is 1. The SMILES string of the molecule is CN=C(NCC(=O)NCc1ccco1)N1CCC(N2CCCCC2)C1.I. The lowest BCUT2D eigenvalue weighted by Gasteiger charge is -2.32. The molecule has 2 saturated heterocycles. The molecule has 0 radical (unpaired) electrons. The normalized spacial score (nSPS) is 21.3. The van der Waals surface area contributed by atoms with E-state index in [0.717, 1.165) is 24.8 Å². The molecule has 146 valence electrons. The van der Waals surface area contributed by atoms with Crippen molar-refractivity contribution in [2.24, 2.45) is 4.99 Å². The van der Waals surface area contributed by atoms with Crippen LogP contribution in [-0.2, 0) is 11.3 Å². The molecule has 1 aromatic heterocycles. The van der Waals surface area contributed by atoms with E-state index in [0.29, 0.717) is 12.6 Å². The summed E-state index contributed by atoms with van der Waals surface area (Å²) in [6, 6.07) is 4.28. The van der Waals surface area contributed by atoms with E-state index in [-0.39, 0.29) is 36.4 Å². The van der Waals surface area contributed by atoms with Crippen LogP contribution in [0.3, 0.4) is 0 Å². The monoisotopic (exact) mass is 475 g/mol. The van der Waals surface area contributed by atoms with Gasteiger partial charge in [-0.25, -0.2) is 0 Å². The second-order valence-electron chi connectivity index (χ2n) is 6.74. The molecule has 1 amide bonds. The van der Waals surface area contributed by atoms with Crippen LogP contribution in [0.4, 0.5) is 0 Å². The smallest absolute Gasteiger partial charge is 0.239 e. The number of likely N-dealkylation sites (tertiary alicyclic amines) is 2. The number of rotatable bonds is 5. The van der Waals surface area contributed by atoms with Crippen molar-refractivity contribution in [3.05, 3.63) is 24.2 Å². The van der Waals surface area contributed by atoms with Gasteiger partial charge in [-0.1, -0.05) is 6.42 Å². The van der Waals surface area contributed by atoms with E-state index in [4.69, 9.17) is 4.42 Å². The molecule has 1 unspecified atom stereocenters. The number of nitrogens with one attached hydrogen (secondary N) is 2. The molecule has 1 atom stereocenters. The van der Waals surface area contributed by atoms with Crippen LogP contribution >= 0.6 is 24.0 Å². The van der Waals surface area contributed by atoms with Crippen molar-refractivity contribution in [1.82, 2.24) is 20.4 Å². The van der Waals surface area contributed by atoms with Crippen LogP contribution in [0.1, 0.15) is 31.4 Å². The number of furan rings is 1. The fraction of sp³-hybridized carbons (Fsp3) is 0.667. The van der Waals surface area contributed by atoms with E-state index in [1.54, 1.807) is 13.3 Å². The number of aliphatic imine (C=N–C) groups is 1. The fourth-order valence-electron chi connectivity index (χ4n) is 3.67. The van der Waals surface area contributed by atoms with Crippen molar-refractivity contribution < 1.29 is 9.21 Å². The van der Waals surface area contributed by atoms with Crippen molar-refractivity contribution in [3.63, 3.8) is 0 Å². The molecule has 0 aromatic carbocycles. The zero-order valence-electron chi connectivity index (χ0n) is 15.4. The van der Waals surface area contributed by atoms with E-state index >= 15 is 0 Å². The van der Waals surface area contributed by atoms with Crippen molar-refractivity contribution in [2.45, 2.75) is 38.3 Å². The third-order valence-electron chi connectivity index (χ3n) is 5.03. The minimum Gasteiger partial charge on any atom is -0.467 e. The van der Waals surface area contributed by atoms with Gasteiger partial charge in [0.1, 0.15) is 5.76 Å². The summed E-state index contributed by atoms with van der Waals surface area (Å²) in [5.41, 5.74) is 0. The van der Waals surface area contributed by atoms with E-state index in [9.17, 15) is 4.79 Å². The fourth-order valence-corrected chi connectivity index (χ4v) is 3.67. The first-order valence-corrected chi connectivity index (χ1v) is 9.25. The molecule has 26 heavy (non-hydrogen) atoms. The summed E-state index contributed by atoms with van der Waals surface area (Å²) in [5.74, 6) is 1.50. The van der Waals surface area contributed by atoms with Crippen LogP contribution in [0, 0.1) is 0 Å². The van der Waals surface area contributed by atoms with Gasteiger partial charge in [0.15, 0.2) is 5.96 Å². The molecular formula is C18H30IN5O2. The molecule has 0 bridgehead atoms. The Hall–Kier alpha value is -1.29. The average Bonchev–Trinajstić information content (AvgIpc) is 3.33. The summed E-state index contributed by atoms with van der Waals surface area (Å²) in [5, 5.41) is 6.02. The van der Waals surface area contributed by atoms with Gasteiger partial charge in [-0.05, 0) is 44.5 Å². The van der Waals surface area contributed by atoms with E-state index < -0.39 is 0 Å². The van der Waals surface area contributed by atoms with E-state index in [2.05, 4.69) is 25.4 Å². The quantitative estimate of drug-likeness (QED) is 0.385. The molecule has 2 fully saturated rings. The van der Waals surface area contributed by atoms with Crippen molar-refractivity contribution in [2.75, 3.05) is 39.8 Å². The molecule has 0 aliphatic carbocycles. The zero-order valence-corrected chi connectivity index (χ0v) is 17.8. The molecule has 8 heteroatoms. The van der Waals surface area contributed by atoms with Gasteiger partial charge in [0, 0.05) is 26.2 Å². The summed E-state index contributed by atoms with van der Waals surface area (Å²) < 4.78 is 5.21. The number of hydrogen-bond acceptors (Lipinski definition) is 4. The zero-order chi connectivity index (χ0) is 17.5. The summed E-state index contributed by atoms with van der Waals surface area (Å²) in [6.07, 6.45) is 6.78. The Balaban J connectivity index is 0.00000243. The number of carbonyl (C=O) groups excluding carboxylic acids is 1. The third-order valence-corrected chi connectivity index (χ3v) is 5.03. The van der Waals surface area contributed by atoms with Crippen LogP contribution in [-0.4, -0.2) is 67.5 Å². The first-order valence-electron chi connectivity index (χ1n) is 9.25. The van der Waals surface area contributed by atoms with Gasteiger partial charge in [-0.3, -0.25) is 14.7 Å². The van der Waals surface area contributed by atoms with Crippen molar-refractivity contribution in [1.29, 1.82) is 0 Å². The van der Waals surface area contributed by atoms with E-state index in [1.165, 1.54) is 38.8 Å². The van der Waals surface area contributed by atoms with Crippen LogP contribution < -0.4 is 10.6 Å². The van der Waals surface area contributed by atoms with Crippen LogP contribution in [0.2, 0.25) is 0 Å². The number of hydrogen-bond donors (Lipinski definition) is 2. The van der Waals surface area contributed by atoms with Crippen molar-refractivity contribution >= 4 is 35.8 Å². The minimum absolute atomic E-state index is 0. The highest BCUT2D eigenvalue weighted by atomic mass is 127. The second kappa shape index (κ2) is 10.8.